The molecule has 0 atom stereocenters. The van der Waals surface area contributed by atoms with Crippen molar-refractivity contribution >= 4 is 18.0 Å². The Morgan fingerprint density at radius 3 is 2.67 bits per heavy atom. The molecule has 1 aromatic rings. The van der Waals surface area contributed by atoms with Crippen molar-refractivity contribution in [1.29, 1.82) is 0 Å². The third-order valence-corrected chi connectivity index (χ3v) is 4.16. The summed E-state index contributed by atoms with van der Waals surface area (Å²) >= 11 is 0. The summed E-state index contributed by atoms with van der Waals surface area (Å²) in [4.78, 5) is 23.6. The Hall–Kier alpha value is -2.11. The number of rotatable bonds is 4. The Kier molecular flexibility index (Phi) is 4.45. The zero-order valence-electron chi connectivity index (χ0n) is 12.4. The molecular weight excluding hydrogens is 270 g/mol. The van der Waals surface area contributed by atoms with Crippen LogP contribution in [0.15, 0.2) is 18.3 Å². The number of aryl methyl sites for hydroxylation is 1. The van der Waals surface area contributed by atoms with E-state index in [2.05, 4.69) is 17.3 Å². The van der Waals surface area contributed by atoms with Gasteiger partial charge in [-0.25, -0.2) is 4.79 Å². The maximum Gasteiger partial charge on any atom is 0.329 e. The highest BCUT2D eigenvalue weighted by Crippen LogP contribution is 2.32. The second kappa shape index (κ2) is 6.11. The maximum absolute atomic E-state index is 12.0. The van der Waals surface area contributed by atoms with Crippen LogP contribution in [0.2, 0.25) is 0 Å². The van der Waals surface area contributed by atoms with Crippen LogP contribution < -0.4 is 5.32 Å². The van der Waals surface area contributed by atoms with Crippen LogP contribution in [-0.4, -0.2) is 32.3 Å². The van der Waals surface area contributed by atoms with Crippen LogP contribution in [0.1, 0.15) is 38.3 Å². The molecule has 0 saturated heterocycles. The zero-order valence-corrected chi connectivity index (χ0v) is 12.4. The highest BCUT2D eigenvalue weighted by atomic mass is 16.4. The van der Waals surface area contributed by atoms with Gasteiger partial charge in [-0.3, -0.25) is 9.48 Å². The van der Waals surface area contributed by atoms with Crippen LogP contribution >= 0.6 is 0 Å². The maximum atomic E-state index is 12.0. The lowest BCUT2D eigenvalue weighted by molar-refractivity contribution is -0.149. The van der Waals surface area contributed by atoms with Crippen molar-refractivity contribution in [2.24, 2.45) is 13.0 Å². The summed E-state index contributed by atoms with van der Waals surface area (Å²) in [6.07, 6.45) is 7.22. The minimum Gasteiger partial charge on any atom is -0.480 e. The summed E-state index contributed by atoms with van der Waals surface area (Å²) in [7, 11) is 1.78. The van der Waals surface area contributed by atoms with E-state index < -0.39 is 11.5 Å². The molecule has 6 heteroatoms. The van der Waals surface area contributed by atoms with Gasteiger partial charge in [0.2, 0.25) is 5.91 Å². The fraction of sp³-hybridized carbons (Fsp3) is 0.533. The molecule has 1 saturated carbocycles. The Morgan fingerprint density at radius 2 is 2.14 bits per heavy atom. The van der Waals surface area contributed by atoms with Crippen LogP contribution in [0, 0.1) is 5.92 Å². The second-order valence-electron chi connectivity index (χ2n) is 5.77. The lowest BCUT2D eigenvalue weighted by Gasteiger charge is -2.36. The van der Waals surface area contributed by atoms with E-state index >= 15 is 0 Å². The number of carbonyl (C=O) groups excluding carboxylic acids is 1. The van der Waals surface area contributed by atoms with Crippen molar-refractivity contribution in [2.45, 2.75) is 38.1 Å². The molecule has 1 fully saturated rings. The average molecular weight is 291 g/mol. The Labute approximate surface area is 123 Å². The van der Waals surface area contributed by atoms with Crippen LogP contribution in [-0.2, 0) is 16.6 Å². The van der Waals surface area contributed by atoms with Crippen LogP contribution in [0.5, 0.6) is 0 Å². The van der Waals surface area contributed by atoms with Gasteiger partial charge in [0, 0.05) is 19.3 Å². The van der Waals surface area contributed by atoms with Gasteiger partial charge in [0.15, 0.2) is 0 Å². The van der Waals surface area contributed by atoms with Gasteiger partial charge in [-0.1, -0.05) is 6.92 Å². The van der Waals surface area contributed by atoms with Crippen molar-refractivity contribution < 1.29 is 14.7 Å². The van der Waals surface area contributed by atoms with Crippen molar-refractivity contribution in [3.8, 4) is 0 Å². The van der Waals surface area contributed by atoms with Gasteiger partial charge in [-0.05, 0) is 43.7 Å². The number of amides is 1. The molecule has 0 unspecified atom stereocenters. The monoisotopic (exact) mass is 291 g/mol. The molecule has 21 heavy (non-hydrogen) atoms. The number of carboxylic acid groups (broad SMARTS) is 1. The summed E-state index contributed by atoms with van der Waals surface area (Å²) in [5, 5.41) is 16.1. The normalized spacial score (nSPS) is 25.9. The molecule has 2 rings (SSSR count). The van der Waals surface area contributed by atoms with Crippen molar-refractivity contribution in [1.82, 2.24) is 15.1 Å². The second-order valence-corrected chi connectivity index (χ2v) is 5.77. The Morgan fingerprint density at radius 1 is 1.48 bits per heavy atom. The molecular formula is C15H21N3O3. The smallest absolute Gasteiger partial charge is 0.329 e. The van der Waals surface area contributed by atoms with Crippen LogP contribution in [0.4, 0.5) is 0 Å². The highest BCUT2D eigenvalue weighted by molar-refractivity contribution is 5.95. The predicted molar refractivity (Wildman–Crippen MR) is 78.4 cm³/mol. The largest absolute Gasteiger partial charge is 0.480 e. The highest BCUT2D eigenvalue weighted by Gasteiger charge is 2.42. The van der Waals surface area contributed by atoms with Gasteiger partial charge in [-0.2, -0.15) is 5.10 Å². The molecule has 1 amide bonds. The molecule has 2 N–H and O–H groups in total. The third-order valence-electron chi connectivity index (χ3n) is 4.16. The fourth-order valence-electron chi connectivity index (χ4n) is 2.63. The topological polar surface area (TPSA) is 84.2 Å². The molecule has 0 spiro atoms. The van der Waals surface area contributed by atoms with E-state index in [1.807, 2.05) is 0 Å². The summed E-state index contributed by atoms with van der Waals surface area (Å²) in [6.45, 7) is 2.11. The standard InChI is InChI=1S/C15H21N3O3/c1-11-5-8-15(9-6-11,14(20)21)17-13(19)4-3-12-7-10-16-18(12)2/h3-4,7,10-11H,5-6,8-9H2,1-2H3,(H,17,19)(H,20,21)/b4-3+. The SMILES string of the molecule is CC1CCC(NC(=O)/C=C/c2ccnn2C)(C(=O)O)CC1. The van der Waals surface area contributed by atoms with Gasteiger partial charge in [-0.15, -0.1) is 0 Å². The molecule has 114 valence electrons. The van der Waals surface area contributed by atoms with E-state index in [0.29, 0.717) is 18.8 Å². The lowest BCUT2D eigenvalue weighted by atomic mass is 9.77. The molecule has 1 aliphatic rings. The number of hydrogen-bond acceptors (Lipinski definition) is 3. The van der Waals surface area contributed by atoms with E-state index in [0.717, 1.165) is 18.5 Å². The molecule has 1 aliphatic carbocycles. The minimum absolute atomic E-state index is 0.381. The molecule has 1 aromatic heterocycles. The molecule has 0 aliphatic heterocycles. The molecule has 1 heterocycles. The summed E-state index contributed by atoms with van der Waals surface area (Å²) in [5.74, 6) is -0.816. The number of aliphatic carboxylic acids is 1. The van der Waals surface area contributed by atoms with Gasteiger partial charge < -0.3 is 10.4 Å². The summed E-state index contributed by atoms with van der Waals surface area (Å²) in [5.41, 5.74) is -0.341. The first-order valence-electron chi connectivity index (χ1n) is 7.14. The van der Waals surface area contributed by atoms with Gasteiger partial charge >= 0.3 is 5.97 Å². The minimum atomic E-state index is -1.12. The number of carbonyl (C=O) groups is 2. The van der Waals surface area contributed by atoms with E-state index in [9.17, 15) is 14.7 Å². The number of nitrogens with one attached hydrogen (secondary N) is 1. The van der Waals surface area contributed by atoms with E-state index in [4.69, 9.17) is 0 Å². The van der Waals surface area contributed by atoms with Crippen molar-refractivity contribution in [3.63, 3.8) is 0 Å². The Bertz CT molecular complexity index is 554. The first-order valence-corrected chi connectivity index (χ1v) is 7.14. The molecule has 6 nitrogen and oxygen atoms in total. The predicted octanol–water partition coefficient (Wildman–Crippen LogP) is 1.58. The van der Waals surface area contributed by atoms with Crippen LogP contribution in [0.25, 0.3) is 6.08 Å². The average Bonchev–Trinajstić information content (AvgIpc) is 2.84. The third kappa shape index (κ3) is 3.51. The van der Waals surface area contributed by atoms with Gasteiger partial charge in [0.05, 0.1) is 5.69 Å². The van der Waals surface area contributed by atoms with E-state index in [1.54, 1.807) is 30.1 Å². The van der Waals surface area contributed by atoms with Crippen molar-refractivity contribution in [2.75, 3.05) is 0 Å². The van der Waals surface area contributed by atoms with Crippen molar-refractivity contribution in [3.05, 3.63) is 24.0 Å². The first-order chi connectivity index (χ1) is 9.93. The van der Waals surface area contributed by atoms with Gasteiger partial charge in [0.25, 0.3) is 0 Å². The Balaban J connectivity index is 2.04. The van der Waals surface area contributed by atoms with Gasteiger partial charge in [0.1, 0.15) is 5.54 Å². The number of nitrogens with zero attached hydrogens (tertiary/aromatic N) is 2. The first kappa shape index (κ1) is 15.3. The number of aromatic nitrogens is 2. The fourth-order valence-corrected chi connectivity index (χ4v) is 2.63. The number of carboxylic acids is 1. The number of hydrogen-bond donors (Lipinski definition) is 2. The zero-order chi connectivity index (χ0) is 15.5. The quantitative estimate of drug-likeness (QED) is 0.825. The van der Waals surface area contributed by atoms with Crippen LogP contribution in [0.3, 0.4) is 0 Å². The summed E-state index contributed by atoms with van der Waals surface area (Å²) in [6, 6.07) is 1.78. The lowest BCUT2D eigenvalue weighted by Crippen LogP contribution is -2.55. The van der Waals surface area contributed by atoms with E-state index in [-0.39, 0.29) is 5.91 Å². The van der Waals surface area contributed by atoms with E-state index in [1.165, 1.54) is 6.08 Å². The summed E-state index contributed by atoms with van der Waals surface area (Å²) < 4.78 is 1.64. The molecule has 0 bridgehead atoms. The molecule has 0 radical (unpaired) electrons. The molecule has 0 aromatic carbocycles.